The maximum Gasteiger partial charge on any atom is 0.309 e. The van der Waals surface area contributed by atoms with Crippen LogP contribution in [0.3, 0.4) is 0 Å². The summed E-state index contributed by atoms with van der Waals surface area (Å²) in [5.74, 6) is -1.44. The van der Waals surface area contributed by atoms with Crippen molar-refractivity contribution in [2.75, 3.05) is 13.2 Å². The second-order valence-electron chi connectivity index (χ2n) is 11.4. The summed E-state index contributed by atoms with van der Waals surface area (Å²) in [5.41, 5.74) is 2.99. The molecule has 3 aromatic rings. The number of nitrogens with one attached hydrogen (secondary N) is 2. The molecule has 0 saturated carbocycles. The van der Waals surface area contributed by atoms with Gasteiger partial charge in [0.15, 0.2) is 0 Å². The van der Waals surface area contributed by atoms with E-state index >= 15 is 0 Å². The Morgan fingerprint density at radius 1 is 0.783 bits per heavy atom. The summed E-state index contributed by atoms with van der Waals surface area (Å²) in [7, 11) is 0. The van der Waals surface area contributed by atoms with Crippen LogP contribution in [0.2, 0.25) is 0 Å². The van der Waals surface area contributed by atoms with Crippen LogP contribution in [0.1, 0.15) is 42.9 Å². The number of rotatable bonds is 20. The predicted octanol–water partition coefficient (Wildman–Crippen LogP) is 5.35. The maximum absolute atomic E-state index is 13.5. The molecule has 0 bridgehead atoms. The van der Waals surface area contributed by atoms with Gasteiger partial charge >= 0.3 is 5.97 Å². The molecule has 0 heterocycles. The molecule has 0 aliphatic rings. The highest BCUT2D eigenvalue weighted by Crippen LogP contribution is 2.18. The highest BCUT2D eigenvalue weighted by molar-refractivity contribution is 5.86. The van der Waals surface area contributed by atoms with E-state index in [2.05, 4.69) is 23.8 Å². The van der Waals surface area contributed by atoms with Gasteiger partial charge in [0.2, 0.25) is 11.8 Å². The second kappa shape index (κ2) is 19.6. The third kappa shape index (κ3) is 12.7. The van der Waals surface area contributed by atoms with Crippen molar-refractivity contribution < 1.29 is 29.0 Å². The van der Waals surface area contributed by atoms with Crippen molar-refractivity contribution in [3.05, 3.63) is 127 Å². The number of aliphatic hydroxyl groups is 1. The molecular formula is C38H46N2O6. The highest BCUT2D eigenvalue weighted by atomic mass is 16.5. The summed E-state index contributed by atoms with van der Waals surface area (Å²) < 4.78 is 11.7. The van der Waals surface area contributed by atoms with Gasteiger partial charge in [0.05, 0.1) is 24.5 Å². The van der Waals surface area contributed by atoms with Crippen LogP contribution in [0.4, 0.5) is 0 Å². The zero-order chi connectivity index (χ0) is 33.1. The Labute approximate surface area is 272 Å². The number of allylic oxidation sites excluding steroid dienone is 2. The van der Waals surface area contributed by atoms with Crippen molar-refractivity contribution >= 4 is 17.8 Å². The van der Waals surface area contributed by atoms with Crippen LogP contribution >= 0.6 is 0 Å². The molecule has 0 saturated heterocycles. The van der Waals surface area contributed by atoms with E-state index < -0.39 is 23.9 Å². The molecule has 0 aromatic heterocycles. The summed E-state index contributed by atoms with van der Waals surface area (Å²) >= 11 is 0. The molecule has 3 rings (SSSR count). The predicted molar refractivity (Wildman–Crippen MR) is 180 cm³/mol. The molecule has 0 fully saturated rings. The van der Waals surface area contributed by atoms with E-state index in [1.807, 2.05) is 84.9 Å². The standard InChI is InChI=1S/C38H46N2O6/c1-4-12-32(24-36(42)39-28(3)25-41)37(43)40-34(27-46-38(44)33(13-5-2)22-29-14-8-6-9-15-29)23-30-18-20-35(21-19-30)45-26-31-16-10-7-11-17-31/h4-11,14-21,28,32-34,41H,1-2,12-13,22-27H2,3H3,(H,39,42)(H,40,43)/t28-,32-,33+,34+/m1/s1. The summed E-state index contributed by atoms with van der Waals surface area (Å²) in [6.07, 6.45) is 4.87. The van der Waals surface area contributed by atoms with Crippen LogP contribution in [0, 0.1) is 11.8 Å². The quantitative estimate of drug-likeness (QED) is 0.115. The summed E-state index contributed by atoms with van der Waals surface area (Å²) in [5, 5.41) is 15.0. The highest BCUT2D eigenvalue weighted by Gasteiger charge is 2.26. The molecule has 4 atom stereocenters. The van der Waals surface area contributed by atoms with Crippen LogP contribution < -0.4 is 15.4 Å². The lowest BCUT2D eigenvalue weighted by atomic mass is 9.96. The first-order valence-electron chi connectivity index (χ1n) is 15.7. The van der Waals surface area contributed by atoms with Gasteiger partial charge in [-0.15, -0.1) is 13.2 Å². The molecule has 0 aliphatic heterocycles. The second-order valence-corrected chi connectivity index (χ2v) is 11.4. The molecule has 0 radical (unpaired) electrons. The normalized spacial score (nSPS) is 13.3. The molecule has 244 valence electrons. The number of ether oxygens (including phenoxy) is 2. The summed E-state index contributed by atoms with van der Waals surface area (Å²) in [6, 6.07) is 26.2. The molecule has 3 aromatic carbocycles. The molecule has 3 N–H and O–H groups in total. The molecular weight excluding hydrogens is 580 g/mol. The Hall–Kier alpha value is -4.69. The van der Waals surface area contributed by atoms with Crippen LogP contribution in [-0.2, 0) is 38.6 Å². The Balaban J connectivity index is 1.71. The number of aliphatic hydroxyl groups excluding tert-OH is 1. The minimum absolute atomic E-state index is 0.0478. The van der Waals surface area contributed by atoms with Gasteiger partial charge < -0.3 is 25.2 Å². The van der Waals surface area contributed by atoms with Crippen molar-refractivity contribution in [3.63, 3.8) is 0 Å². The third-order valence-electron chi connectivity index (χ3n) is 7.47. The lowest BCUT2D eigenvalue weighted by molar-refractivity contribution is -0.149. The lowest BCUT2D eigenvalue weighted by Crippen LogP contribution is -2.45. The molecule has 0 unspecified atom stereocenters. The van der Waals surface area contributed by atoms with E-state index in [9.17, 15) is 19.5 Å². The number of hydrogen-bond acceptors (Lipinski definition) is 6. The number of hydrogen-bond donors (Lipinski definition) is 3. The minimum Gasteiger partial charge on any atom is -0.489 e. The number of benzene rings is 3. The smallest absolute Gasteiger partial charge is 0.309 e. The fourth-order valence-corrected chi connectivity index (χ4v) is 4.97. The fourth-order valence-electron chi connectivity index (χ4n) is 4.97. The first-order valence-corrected chi connectivity index (χ1v) is 15.7. The van der Waals surface area contributed by atoms with Crippen LogP contribution in [0.25, 0.3) is 0 Å². The Kier molecular flexibility index (Phi) is 15.3. The SMILES string of the molecule is C=CC[C@H](CC(=O)N[C@H](C)CO)C(=O)N[C@H](COC(=O)[C@@H](CC=C)Cc1ccccc1)Cc1ccc(OCc2ccccc2)cc1. The maximum atomic E-state index is 13.5. The summed E-state index contributed by atoms with van der Waals surface area (Å²) in [6.45, 7) is 9.43. The Bertz CT molecular complexity index is 1380. The van der Waals surface area contributed by atoms with Gasteiger partial charge in [-0.2, -0.15) is 0 Å². The number of carbonyl (C=O) groups is 3. The van der Waals surface area contributed by atoms with Crippen molar-refractivity contribution in [3.8, 4) is 5.75 Å². The van der Waals surface area contributed by atoms with Gasteiger partial charge in [-0.1, -0.05) is 84.9 Å². The van der Waals surface area contributed by atoms with Gasteiger partial charge in [-0.3, -0.25) is 14.4 Å². The van der Waals surface area contributed by atoms with Crippen molar-refractivity contribution in [2.24, 2.45) is 11.8 Å². The zero-order valence-electron chi connectivity index (χ0n) is 26.6. The average molecular weight is 627 g/mol. The van der Waals surface area contributed by atoms with Crippen LogP contribution in [0.15, 0.2) is 110 Å². The zero-order valence-corrected chi connectivity index (χ0v) is 26.6. The molecule has 0 spiro atoms. The van der Waals surface area contributed by atoms with E-state index in [1.165, 1.54) is 0 Å². The molecule has 8 nitrogen and oxygen atoms in total. The lowest BCUT2D eigenvalue weighted by Gasteiger charge is -2.24. The van der Waals surface area contributed by atoms with E-state index in [1.54, 1.807) is 19.1 Å². The third-order valence-corrected chi connectivity index (χ3v) is 7.47. The van der Waals surface area contributed by atoms with E-state index in [4.69, 9.17) is 9.47 Å². The monoisotopic (exact) mass is 626 g/mol. The van der Waals surface area contributed by atoms with Crippen LogP contribution in [-0.4, -0.2) is 48.2 Å². The van der Waals surface area contributed by atoms with Gasteiger partial charge in [0, 0.05) is 12.5 Å². The average Bonchev–Trinajstić information content (AvgIpc) is 3.07. The van der Waals surface area contributed by atoms with Crippen LogP contribution in [0.5, 0.6) is 5.75 Å². The van der Waals surface area contributed by atoms with E-state index in [0.717, 1.165) is 16.7 Å². The fraction of sp³-hybridized carbons (Fsp3) is 0.342. The largest absolute Gasteiger partial charge is 0.489 e. The minimum atomic E-state index is -0.679. The van der Waals surface area contributed by atoms with Gasteiger partial charge in [-0.05, 0) is 61.4 Å². The van der Waals surface area contributed by atoms with Gasteiger partial charge in [-0.25, -0.2) is 0 Å². The van der Waals surface area contributed by atoms with Crippen molar-refractivity contribution in [2.45, 2.75) is 57.7 Å². The number of esters is 1. The first kappa shape index (κ1) is 35.8. The molecule has 8 heteroatoms. The molecule has 0 aliphatic carbocycles. The van der Waals surface area contributed by atoms with E-state index in [0.29, 0.717) is 31.6 Å². The topological polar surface area (TPSA) is 114 Å². The molecule has 46 heavy (non-hydrogen) atoms. The Morgan fingerprint density at radius 3 is 1.98 bits per heavy atom. The van der Waals surface area contributed by atoms with Gasteiger partial charge in [0.1, 0.15) is 19.0 Å². The number of amides is 2. The Morgan fingerprint density at radius 2 is 1.37 bits per heavy atom. The first-order chi connectivity index (χ1) is 22.3. The summed E-state index contributed by atoms with van der Waals surface area (Å²) in [4.78, 5) is 39.2. The van der Waals surface area contributed by atoms with Crippen molar-refractivity contribution in [1.29, 1.82) is 0 Å². The van der Waals surface area contributed by atoms with Gasteiger partial charge in [0.25, 0.3) is 0 Å². The van der Waals surface area contributed by atoms with Crippen molar-refractivity contribution in [1.82, 2.24) is 10.6 Å². The molecule has 2 amide bonds. The number of carbonyl (C=O) groups excluding carboxylic acids is 3. The van der Waals surface area contributed by atoms with E-state index in [-0.39, 0.29) is 43.8 Å².